The van der Waals surface area contributed by atoms with Crippen molar-refractivity contribution >= 4 is 30.7 Å². The minimum Gasteiger partial charge on any atom is -0.355 e. The van der Waals surface area contributed by atoms with Gasteiger partial charge in [-0.25, -0.2) is 4.39 Å². The Labute approximate surface area is 156 Å². The van der Waals surface area contributed by atoms with Crippen LogP contribution in [-0.2, 0) is 11.3 Å². The van der Waals surface area contributed by atoms with Crippen molar-refractivity contribution in [3.8, 4) is 0 Å². The first-order valence-electron chi connectivity index (χ1n) is 8.00. The van der Waals surface area contributed by atoms with Gasteiger partial charge in [-0.1, -0.05) is 18.6 Å². The summed E-state index contributed by atoms with van der Waals surface area (Å²) in [7, 11) is 1.99. The maximum atomic E-state index is 12.8. The van der Waals surface area contributed by atoms with E-state index in [1.165, 1.54) is 12.1 Å². The van der Waals surface area contributed by atoms with Crippen LogP contribution in [0.3, 0.4) is 0 Å². The van der Waals surface area contributed by atoms with E-state index in [0.717, 1.165) is 37.9 Å². The number of carbonyl (C=O) groups is 1. The molecule has 0 saturated heterocycles. The molecule has 0 unspecified atom stereocenters. The second-order valence-electron chi connectivity index (χ2n) is 6.27. The third-order valence-corrected chi connectivity index (χ3v) is 4.35. The number of likely N-dealkylation sites (N-methyl/N-ethyl adjacent to an activating group) is 1. The monoisotopic (exact) mass is 379 g/mol. The summed E-state index contributed by atoms with van der Waals surface area (Å²) in [4.78, 5) is 14.0. The van der Waals surface area contributed by atoms with Crippen LogP contribution < -0.4 is 11.1 Å². The highest BCUT2D eigenvalue weighted by Crippen LogP contribution is 2.26. The van der Waals surface area contributed by atoms with E-state index in [-0.39, 0.29) is 42.6 Å². The average Bonchev–Trinajstić information content (AvgIpc) is 2.87. The lowest BCUT2D eigenvalue weighted by Gasteiger charge is -2.18. The molecule has 0 bridgehead atoms. The number of amides is 1. The fraction of sp³-hybridized carbons (Fsp3) is 0.588. The van der Waals surface area contributed by atoms with Crippen LogP contribution in [0, 0.1) is 11.7 Å². The van der Waals surface area contributed by atoms with Gasteiger partial charge in [0, 0.05) is 32.1 Å². The highest BCUT2D eigenvalue weighted by Gasteiger charge is 2.25. The molecule has 0 aliphatic heterocycles. The molecule has 1 aliphatic rings. The van der Waals surface area contributed by atoms with Gasteiger partial charge in [-0.15, -0.1) is 24.8 Å². The molecule has 138 valence electrons. The van der Waals surface area contributed by atoms with Gasteiger partial charge >= 0.3 is 0 Å². The fourth-order valence-corrected chi connectivity index (χ4v) is 3.00. The first kappa shape index (κ1) is 23.1. The molecular weight excluding hydrogens is 352 g/mol. The van der Waals surface area contributed by atoms with Gasteiger partial charge in [0.25, 0.3) is 0 Å². The Morgan fingerprint density at radius 3 is 2.54 bits per heavy atom. The number of carbonyl (C=O) groups excluding carboxylic acids is 1. The van der Waals surface area contributed by atoms with Gasteiger partial charge < -0.3 is 16.0 Å². The normalized spacial score (nSPS) is 19.5. The molecule has 24 heavy (non-hydrogen) atoms. The van der Waals surface area contributed by atoms with E-state index in [2.05, 4.69) is 10.2 Å². The highest BCUT2D eigenvalue weighted by molar-refractivity contribution is 5.85. The number of hydrogen-bond acceptors (Lipinski definition) is 3. The van der Waals surface area contributed by atoms with Crippen LogP contribution in [0.25, 0.3) is 0 Å². The highest BCUT2D eigenvalue weighted by atomic mass is 35.5. The molecule has 3 N–H and O–H groups in total. The maximum absolute atomic E-state index is 12.8. The van der Waals surface area contributed by atoms with Crippen molar-refractivity contribution in [3.05, 3.63) is 35.6 Å². The minimum atomic E-state index is -0.219. The van der Waals surface area contributed by atoms with Gasteiger partial charge in [0.15, 0.2) is 0 Å². The molecule has 1 saturated carbocycles. The number of nitrogens with two attached hydrogens (primary N) is 1. The fourth-order valence-electron chi connectivity index (χ4n) is 3.00. The first-order chi connectivity index (χ1) is 10.5. The van der Waals surface area contributed by atoms with E-state index in [9.17, 15) is 9.18 Å². The zero-order valence-corrected chi connectivity index (χ0v) is 15.7. The summed E-state index contributed by atoms with van der Waals surface area (Å²) < 4.78 is 12.8. The Bertz CT molecular complexity index is 487. The molecule has 0 aromatic heterocycles. The molecule has 4 nitrogen and oxygen atoms in total. The lowest BCUT2D eigenvalue weighted by Crippen LogP contribution is -2.35. The van der Waals surface area contributed by atoms with Gasteiger partial charge in [0.2, 0.25) is 5.91 Å². The third kappa shape index (κ3) is 7.79. The SMILES string of the molecule is CN(CCNC(=O)C[C@@H]1CCC[C@H]1N)Cc1ccc(F)cc1.Cl.Cl. The quantitative estimate of drug-likeness (QED) is 0.765. The molecule has 0 spiro atoms. The van der Waals surface area contributed by atoms with Crippen molar-refractivity contribution < 1.29 is 9.18 Å². The minimum absolute atomic E-state index is 0. The number of nitrogens with one attached hydrogen (secondary N) is 1. The molecule has 1 aromatic rings. The lowest BCUT2D eigenvalue weighted by molar-refractivity contribution is -0.122. The van der Waals surface area contributed by atoms with Gasteiger partial charge in [0.1, 0.15) is 5.82 Å². The Balaban J connectivity index is 0.00000264. The molecular formula is C17H28Cl2FN3O. The van der Waals surface area contributed by atoms with Gasteiger partial charge in [-0.05, 0) is 43.5 Å². The van der Waals surface area contributed by atoms with E-state index in [4.69, 9.17) is 5.73 Å². The lowest BCUT2D eigenvalue weighted by atomic mass is 10.00. The van der Waals surface area contributed by atoms with Crippen molar-refractivity contribution in [2.24, 2.45) is 11.7 Å². The number of hydrogen-bond donors (Lipinski definition) is 2. The summed E-state index contributed by atoms with van der Waals surface area (Å²) in [6.45, 7) is 2.13. The van der Waals surface area contributed by atoms with Crippen LogP contribution in [0.4, 0.5) is 4.39 Å². The Morgan fingerprint density at radius 1 is 1.29 bits per heavy atom. The van der Waals surface area contributed by atoms with Crippen molar-refractivity contribution in [3.63, 3.8) is 0 Å². The maximum Gasteiger partial charge on any atom is 0.220 e. The average molecular weight is 380 g/mol. The van der Waals surface area contributed by atoms with E-state index in [1.807, 2.05) is 7.05 Å². The second kappa shape index (κ2) is 11.6. The molecule has 1 amide bonds. The molecule has 7 heteroatoms. The van der Waals surface area contributed by atoms with Crippen LogP contribution in [0.2, 0.25) is 0 Å². The second-order valence-corrected chi connectivity index (χ2v) is 6.27. The van der Waals surface area contributed by atoms with E-state index < -0.39 is 0 Å². The molecule has 1 aromatic carbocycles. The van der Waals surface area contributed by atoms with Crippen molar-refractivity contribution in [2.75, 3.05) is 20.1 Å². The zero-order chi connectivity index (χ0) is 15.9. The van der Waals surface area contributed by atoms with Crippen LogP contribution in [0.5, 0.6) is 0 Å². The summed E-state index contributed by atoms with van der Waals surface area (Å²) in [5.41, 5.74) is 7.05. The van der Waals surface area contributed by atoms with Crippen molar-refractivity contribution in [1.29, 1.82) is 0 Å². The molecule has 0 heterocycles. The Morgan fingerprint density at radius 2 is 1.96 bits per heavy atom. The number of benzene rings is 1. The topological polar surface area (TPSA) is 58.4 Å². The molecule has 1 aliphatic carbocycles. The predicted molar refractivity (Wildman–Crippen MR) is 100 cm³/mol. The summed E-state index contributed by atoms with van der Waals surface area (Å²) in [6.07, 6.45) is 3.79. The van der Waals surface area contributed by atoms with Gasteiger partial charge in [-0.3, -0.25) is 4.79 Å². The predicted octanol–water partition coefficient (Wildman–Crippen LogP) is 2.73. The standard InChI is InChI=1S/C17H26FN3O.2ClH/c1-21(12-13-5-7-15(18)8-6-13)10-9-20-17(22)11-14-3-2-4-16(14)19;;/h5-8,14,16H,2-4,9-12,19H2,1H3,(H,20,22);2*1H/t14-,16+;;/m0../s1. The van der Waals surface area contributed by atoms with Crippen LogP contribution in [0.1, 0.15) is 31.2 Å². The summed E-state index contributed by atoms with van der Waals surface area (Å²) in [6, 6.07) is 6.69. The van der Waals surface area contributed by atoms with Crippen molar-refractivity contribution in [1.82, 2.24) is 10.2 Å². The van der Waals surface area contributed by atoms with Crippen LogP contribution in [0.15, 0.2) is 24.3 Å². The smallest absolute Gasteiger partial charge is 0.220 e. The number of halogens is 3. The third-order valence-electron chi connectivity index (χ3n) is 4.35. The van der Waals surface area contributed by atoms with Crippen LogP contribution >= 0.6 is 24.8 Å². The molecule has 2 atom stereocenters. The molecule has 1 fully saturated rings. The first-order valence-corrected chi connectivity index (χ1v) is 8.00. The summed E-state index contributed by atoms with van der Waals surface area (Å²) in [5.74, 6) is 0.221. The van der Waals surface area contributed by atoms with E-state index in [0.29, 0.717) is 18.9 Å². The van der Waals surface area contributed by atoms with Gasteiger partial charge in [-0.2, -0.15) is 0 Å². The number of nitrogens with zero attached hydrogens (tertiary/aromatic N) is 1. The summed E-state index contributed by atoms with van der Waals surface area (Å²) >= 11 is 0. The Hall–Kier alpha value is -0.880. The van der Waals surface area contributed by atoms with Crippen molar-refractivity contribution in [2.45, 2.75) is 38.3 Å². The largest absolute Gasteiger partial charge is 0.355 e. The zero-order valence-electron chi connectivity index (χ0n) is 14.0. The van der Waals surface area contributed by atoms with E-state index >= 15 is 0 Å². The Kier molecular flexibility index (Phi) is 11.2. The summed E-state index contributed by atoms with van der Waals surface area (Å²) in [5, 5.41) is 2.96. The van der Waals surface area contributed by atoms with E-state index in [1.54, 1.807) is 12.1 Å². The molecule has 2 rings (SSSR count). The van der Waals surface area contributed by atoms with Gasteiger partial charge in [0.05, 0.1) is 0 Å². The van der Waals surface area contributed by atoms with Crippen LogP contribution in [-0.4, -0.2) is 37.0 Å². The number of rotatable bonds is 7. The molecule has 0 radical (unpaired) electrons.